The lowest BCUT2D eigenvalue weighted by molar-refractivity contribution is 0.697. The molecule has 2 heterocycles. The van der Waals surface area contributed by atoms with Gasteiger partial charge in [-0.1, -0.05) is 0 Å². The van der Waals surface area contributed by atoms with Crippen LogP contribution in [0.5, 0.6) is 0 Å². The lowest BCUT2D eigenvalue weighted by Gasteiger charge is -2.16. The Bertz CT molecular complexity index is 501. The molecule has 0 bridgehead atoms. The number of rotatable bonds is 7. The zero-order valence-electron chi connectivity index (χ0n) is 11.7. The molecule has 2 aromatic heterocycles. The van der Waals surface area contributed by atoms with Crippen molar-refractivity contribution in [2.75, 3.05) is 18.0 Å². The van der Waals surface area contributed by atoms with E-state index in [4.69, 9.17) is 0 Å². The van der Waals surface area contributed by atoms with Gasteiger partial charge in [-0.2, -0.15) is 5.10 Å². The Labute approximate surface area is 118 Å². The fourth-order valence-corrected chi connectivity index (χ4v) is 2.90. The van der Waals surface area contributed by atoms with Gasteiger partial charge in [0.15, 0.2) is 5.13 Å². The van der Waals surface area contributed by atoms with Crippen LogP contribution in [0.15, 0.2) is 12.4 Å². The van der Waals surface area contributed by atoms with E-state index in [1.807, 2.05) is 19.3 Å². The van der Waals surface area contributed by atoms with Crippen molar-refractivity contribution >= 4 is 16.5 Å². The second-order valence-electron chi connectivity index (χ2n) is 4.41. The van der Waals surface area contributed by atoms with Gasteiger partial charge in [0.2, 0.25) is 0 Å². The number of aromatic nitrogens is 3. The fraction of sp³-hybridized carbons (Fsp3) is 0.538. The topological polar surface area (TPSA) is 56.8 Å². The highest BCUT2D eigenvalue weighted by Crippen LogP contribution is 2.22. The summed E-state index contributed by atoms with van der Waals surface area (Å²) >= 11 is 1.76. The molecule has 0 aliphatic heterocycles. The van der Waals surface area contributed by atoms with Gasteiger partial charge in [-0.3, -0.25) is 5.10 Å². The van der Waals surface area contributed by atoms with Gasteiger partial charge in [0.1, 0.15) is 0 Å². The first-order valence-corrected chi connectivity index (χ1v) is 7.45. The van der Waals surface area contributed by atoms with Crippen molar-refractivity contribution < 1.29 is 0 Å². The van der Waals surface area contributed by atoms with Crippen LogP contribution in [0, 0.1) is 6.92 Å². The van der Waals surface area contributed by atoms with Gasteiger partial charge in [-0.15, -0.1) is 11.3 Å². The maximum absolute atomic E-state index is 4.48. The number of anilines is 1. The molecule has 5 nitrogen and oxygen atoms in total. The molecule has 0 fully saturated rings. The summed E-state index contributed by atoms with van der Waals surface area (Å²) in [5.41, 5.74) is 2.34. The Morgan fingerprint density at radius 1 is 1.26 bits per heavy atom. The summed E-state index contributed by atoms with van der Waals surface area (Å²) < 4.78 is 0. The number of nitrogens with zero attached hydrogens (tertiary/aromatic N) is 3. The number of aryl methyl sites for hydroxylation is 1. The van der Waals surface area contributed by atoms with Crippen molar-refractivity contribution in [2.24, 2.45) is 0 Å². The van der Waals surface area contributed by atoms with Crippen molar-refractivity contribution in [3.8, 4) is 0 Å². The average Bonchev–Trinajstić information content (AvgIpc) is 3.02. The number of aromatic amines is 1. The normalized spacial score (nSPS) is 10.9. The quantitative estimate of drug-likeness (QED) is 0.816. The third-order valence-corrected chi connectivity index (χ3v) is 4.18. The lowest BCUT2D eigenvalue weighted by atomic mass is 10.2. The van der Waals surface area contributed by atoms with Crippen LogP contribution in [0.25, 0.3) is 0 Å². The molecule has 0 spiro atoms. The van der Waals surface area contributed by atoms with Crippen LogP contribution < -0.4 is 10.2 Å². The molecule has 0 amide bonds. The first-order valence-electron chi connectivity index (χ1n) is 6.63. The molecule has 0 aliphatic carbocycles. The van der Waals surface area contributed by atoms with E-state index >= 15 is 0 Å². The van der Waals surface area contributed by atoms with Gasteiger partial charge < -0.3 is 10.2 Å². The van der Waals surface area contributed by atoms with Crippen molar-refractivity contribution in [1.82, 2.24) is 20.5 Å². The molecule has 2 rings (SSSR count). The van der Waals surface area contributed by atoms with E-state index in [9.17, 15) is 0 Å². The molecule has 0 atom stereocenters. The molecule has 0 aromatic carbocycles. The third-order valence-electron chi connectivity index (χ3n) is 3.12. The van der Waals surface area contributed by atoms with Crippen LogP contribution in [0.2, 0.25) is 0 Å². The monoisotopic (exact) mass is 279 g/mol. The first kappa shape index (κ1) is 14.0. The largest absolute Gasteiger partial charge is 0.349 e. The number of hydrogen-bond donors (Lipinski definition) is 2. The highest BCUT2D eigenvalue weighted by molar-refractivity contribution is 7.15. The van der Waals surface area contributed by atoms with E-state index in [1.165, 1.54) is 10.4 Å². The smallest absolute Gasteiger partial charge is 0.185 e. The summed E-state index contributed by atoms with van der Waals surface area (Å²) in [6.45, 7) is 10.0. The highest BCUT2D eigenvalue weighted by atomic mass is 32.1. The van der Waals surface area contributed by atoms with E-state index in [1.54, 1.807) is 11.3 Å². The summed E-state index contributed by atoms with van der Waals surface area (Å²) in [4.78, 5) is 8.02. The Balaban J connectivity index is 1.85. The number of hydrogen-bond acceptors (Lipinski definition) is 5. The summed E-state index contributed by atoms with van der Waals surface area (Å²) in [7, 11) is 0. The Hall–Kier alpha value is -1.40. The van der Waals surface area contributed by atoms with E-state index in [0.717, 1.165) is 37.0 Å². The summed E-state index contributed by atoms with van der Waals surface area (Å²) in [5, 5.41) is 11.5. The molecular weight excluding hydrogens is 258 g/mol. The molecule has 2 N–H and O–H groups in total. The predicted octanol–water partition coefficient (Wildman–Crippen LogP) is 2.31. The predicted molar refractivity (Wildman–Crippen MR) is 79.5 cm³/mol. The molecule has 0 saturated carbocycles. The summed E-state index contributed by atoms with van der Waals surface area (Å²) in [6.07, 6.45) is 3.84. The van der Waals surface area contributed by atoms with E-state index in [0.29, 0.717) is 0 Å². The Kier molecular flexibility index (Phi) is 4.93. The standard InChI is InChI=1S/C13H21N5S/c1-4-18(5-2)13-15-9-12(19-13)8-14-6-11-7-16-17-10(11)3/h7,9,14H,4-6,8H2,1-3H3,(H,16,17). The van der Waals surface area contributed by atoms with Crippen LogP contribution in [0.3, 0.4) is 0 Å². The molecule has 104 valence electrons. The zero-order valence-corrected chi connectivity index (χ0v) is 12.5. The van der Waals surface area contributed by atoms with Gasteiger partial charge in [0, 0.05) is 48.5 Å². The molecule has 0 unspecified atom stereocenters. The van der Waals surface area contributed by atoms with Gasteiger partial charge in [0.25, 0.3) is 0 Å². The van der Waals surface area contributed by atoms with Gasteiger partial charge >= 0.3 is 0 Å². The Morgan fingerprint density at radius 3 is 2.68 bits per heavy atom. The van der Waals surface area contributed by atoms with E-state index in [-0.39, 0.29) is 0 Å². The molecule has 19 heavy (non-hydrogen) atoms. The lowest BCUT2D eigenvalue weighted by Crippen LogP contribution is -2.21. The van der Waals surface area contributed by atoms with Crippen LogP contribution in [0.1, 0.15) is 30.0 Å². The molecule has 6 heteroatoms. The molecule has 0 aliphatic rings. The van der Waals surface area contributed by atoms with Gasteiger partial charge in [-0.05, 0) is 20.8 Å². The molecule has 2 aromatic rings. The minimum atomic E-state index is 0.834. The SMILES string of the molecule is CCN(CC)c1ncc(CNCc2cn[nH]c2C)s1. The second-order valence-corrected chi connectivity index (χ2v) is 5.50. The summed E-state index contributed by atoms with van der Waals surface area (Å²) in [6, 6.07) is 0. The summed E-state index contributed by atoms with van der Waals surface area (Å²) in [5.74, 6) is 0. The molecule has 0 radical (unpaired) electrons. The molecule has 0 saturated heterocycles. The fourth-order valence-electron chi connectivity index (χ4n) is 1.89. The number of thiazole rings is 1. The second kappa shape index (κ2) is 6.68. The third kappa shape index (κ3) is 3.54. The van der Waals surface area contributed by atoms with Crippen LogP contribution in [-0.2, 0) is 13.1 Å². The molecular formula is C13H21N5S. The minimum absolute atomic E-state index is 0.834. The van der Waals surface area contributed by atoms with Crippen molar-refractivity contribution in [3.63, 3.8) is 0 Å². The number of H-pyrrole nitrogens is 1. The van der Waals surface area contributed by atoms with Crippen LogP contribution in [0.4, 0.5) is 5.13 Å². The van der Waals surface area contributed by atoms with Gasteiger partial charge in [-0.25, -0.2) is 4.98 Å². The van der Waals surface area contributed by atoms with Crippen molar-refractivity contribution in [1.29, 1.82) is 0 Å². The van der Waals surface area contributed by atoms with Crippen LogP contribution >= 0.6 is 11.3 Å². The average molecular weight is 279 g/mol. The number of nitrogens with one attached hydrogen (secondary N) is 2. The first-order chi connectivity index (χ1) is 9.24. The van der Waals surface area contributed by atoms with Crippen molar-refractivity contribution in [3.05, 3.63) is 28.5 Å². The highest BCUT2D eigenvalue weighted by Gasteiger charge is 2.07. The minimum Gasteiger partial charge on any atom is -0.349 e. The van der Waals surface area contributed by atoms with Crippen molar-refractivity contribution in [2.45, 2.75) is 33.9 Å². The Morgan fingerprint density at radius 2 is 2.05 bits per heavy atom. The van der Waals surface area contributed by atoms with E-state index < -0.39 is 0 Å². The maximum atomic E-state index is 4.48. The van der Waals surface area contributed by atoms with Crippen LogP contribution in [-0.4, -0.2) is 28.3 Å². The van der Waals surface area contributed by atoms with E-state index in [2.05, 4.69) is 39.2 Å². The zero-order chi connectivity index (χ0) is 13.7. The van der Waals surface area contributed by atoms with Gasteiger partial charge in [0.05, 0.1) is 6.20 Å². The maximum Gasteiger partial charge on any atom is 0.185 e.